The van der Waals surface area contributed by atoms with Crippen molar-refractivity contribution in [3.05, 3.63) is 59.0 Å². The molecule has 0 saturated carbocycles. The zero-order valence-electron chi connectivity index (χ0n) is 22.7. The summed E-state index contributed by atoms with van der Waals surface area (Å²) in [5.41, 5.74) is 3.16. The van der Waals surface area contributed by atoms with Crippen molar-refractivity contribution in [2.24, 2.45) is 5.92 Å². The number of nitrogens with zero attached hydrogens (tertiary/aromatic N) is 2. The first-order valence-electron chi connectivity index (χ1n) is 12.8. The van der Waals surface area contributed by atoms with Crippen LogP contribution in [0.4, 0.5) is 5.13 Å². The summed E-state index contributed by atoms with van der Waals surface area (Å²) >= 11 is 1.58. The van der Waals surface area contributed by atoms with Crippen LogP contribution in [-0.2, 0) is 11.3 Å². The number of thiazole rings is 1. The van der Waals surface area contributed by atoms with Crippen LogP contribution in [0.25, 0.3) is 11.3 Å². The first-order chi connectivity index (χ1) is 18.2. The first-order valence-corrected chi connectivity index (χ1v) is 13.7. The van der Waals surface area contributed by atoms with Gasteiger partial charge in [-0.1, -0.05) is 39.3 Å². The van der Waals surface area contributed by atoms with Crippen LogP contribution in [0.5, 0.6) is 11.5 Å². The standard InChI is InChI=1S/C29H37N3O5S/c1-6-7-14-32(29-31-25(18-38-29)23-16-22(36-4)12-13-26(23)37-5)17-20-8-10-21(11-9-20)27(33)30-24(28(34)35)15-19(2)3/h8-13,16,18-19,24H,6-7,14-15,17H2,1-5H3,(H,30,33)(H,34,35). The number of unbranched alkanes of at least 4 members (excludes halogenated alkanes) is 1. The Morgan fingerprint density at radius 2 is 1.84 bits per heavy atom. The van der Waals surface area contributed by atoms with Gasteiger partial charge < -0.3 is 24.8 Å². The number of carboxylic acids is 1. The molecule has 0 saturated heterocycles. The number of carbonyl (C=O) groups excluding carboxylic acids is 1. The number of aliphatic carboxylic acids is 1. The lowest BCUT2D eigenvalue weighted by atomic mass is 10.0. The van der Waals surface area contributed by atoms with Gasteiger partial charge in [0.25, 0.3) is 5.91 Å². The first kappa shape index (κ1) is 29.0. The highest BCUT2D eigenvalue weighted by atomic mass is 32.1. The fraction of sp³-hybridized carbons (Fsp3) is 0.414. The van der Waals surface area contributed by atoms with Crippen molar-refractivity contribution in [2.75, 3.05) is 25.7 Å². The Morgan fingerprint density at radius 1 is 1.11 bits per heavy atom. The van der Waals surface area contributed by atoms with Gasteiger partial charge in [0, 0.05) is 29.6 Å². The third-order valence-corrected chi connectivity index (χ3v) is 7.03. The molecule has 3 rings (SSSR count). The molecule has 1 aromatic heterocycles. The molecule has 0 aliphatic rings. The Morgan fingerprint density at radius 3 is 2.45 bits per heavy atom. The second kappa shape index (κ2) is 13.8. The van der Waals surface area contributed by atoms with E-state index in [0.717, 1.165) is 52.8 Å². The van der Waals surface area contributed by atoms with Crippen molar-refractivity contribution in [2.45, 2.75) is 52.6 Å². The molecule has 3 aromatic rings. The molecule has 0 aliphatic carbocycles. The van der Waals surface area contributed by atoms with E-state index in [1.807, 2.05) is 49.6 Å². The molecule has 1 atom stereocenters. The average molecular weight is 540 g/mol. The van der Waals surface area contributed by atoms with Crippen LogP contribution in [0, 0.1) is 5.92 Å². The number of carbonyl (C=O) groups is 2. The number of anilines is 1. The van der Waals surface area contributed by atoms with E-state index in [4.69, 9.17) is 14.5 Å². The molecule has 0 bridgehead atoms. The van der Waals surface area contributed by atoms with Crippen molar-refractivity contribution in [1.29, 1.82) is 0 Å². The summed E-state index contributed by atoms with van der Waals surface area (Å²) in [4.78, 5) is 31.3. The molecule has 0 spiro atoms. The molecule has 8 nitrogen and oxygen atoms in total. The summed E-state index contributed by atoms with van der Waals surface area (Å²) in [5.74, 6) is 0.217. The van der Waals surface area contributed by atoms with E-state index in [1.54, 1.807) is 37.7 Å². The van der Waals surface area contributed by atoms with Gasteiger partial charge in [-0.25, -0.2) is 9.78 Å². The number of benzene rings is 2. The van der Waals surface area contributed by atoms with Gasteiger partial charge in [-0.05, 0) is 54.7 Å². The summed E-state index contributed by atoms with van der Waals surface area (Å²) in [6.45, 7) is 7.49. The van der Waals surface area contributed by atoms with Crippen molar-refractivity contribution >= 4 is 28.3 Å². The van der Waals surface area contributed by atoms with Crippen molar-refractivity contribution < 1.29 is 24.2 Å². The number of hydrogen-bond acceptors (Lipinski definition) is 7. The van der Waals surface area contributed by atoms with Gasteiger partial charge in [0.05, 0.1) is 19.9 Å². The normalized spacial score (nSPS) is 11.7. The summed E-state index contributed by atoms with van der Waals surface area (Å²) in [7, 11) is 3.28. The number of hydrogen-bond donors (Lipinski definition) is 2. The molecule has 0 radical (unpaired) electrons. The van der Waals surface area contributed by atoms with Gasteiger partial charge >= 0.3 is 5.97 Å². The third-order valence-electron chi connectivity index (χ3n) is 6.13. The Kier molecular flexibility index (Phi) is 10.5. The second-order valence-electron chi connectivity index (χ2n) is 9.55. The van der Waals surface area contributed by atoms with Crippen LogP contribution in [0.3, 0.4) is 0 Å². The quantitative estimate of drug-likeness (QED) is 0.264. The van der Waals surface area contributed by atoms with Crippen molar-refractivity contribution in [3.8, 4) is 22.8 Å². The van der Waals surface area contributed by atoms with E-state index in [9.17, 15) is 14.7 Å². The number of nitrogens with one attached hydrogen (secondary N) is 1. The van der Waals surface area contributed by atoms with Crippen LogP contribution in [-0.4, -0.2) is 48.8 Å². The molecule has 38 heavy (non-hydrogen) atoms. The maximum Gasteiger partial charge on any atom is 0.326 e. The number of methoxy groups -OCH3 is 2. The van der Waals surface area contributed by atoms with Crippen LogP contribution >= 0.6 is 11.3 Å². The lowest BCUT2D eigenvalue weighted by Gasteiger charge is -2.22. The largest absolute Gasteiger partial charge is 0.497 e. The Bertz CT molecular complexity index is 1210. The Hall–Kier alpha value is -3.59. The van der Waals surface area contributed by atoms with Gasteiger partial charge in [0.2, 0.25) is 0 Å². The lowest BCUT2D eigenvalue weighted by molar-refractivity contribution is -0.139. The maximum absolute atomic E-state index is 12.7. The molecule has 2 N–H and O–H groups in total. The van der Waals surface area contributed by atoms with Crippen LogP contribution in [0.2, 0.25) is 0 Å². The number of aromatic nitrogens is 1. The van der Waals surface area contributed by atoms with Crippen LogP contribution in [0.1, 0.15) is 56.0 Å². The highest BCUT2D eigenvalue weighted by Gasteiger charge is 2.22. The fourth-order valence-electron chi connectivity index (χ4n) is 4.06. The van der Waals surface area contributed by atoms with E-state index in [0.29, 0.717) is 18.5 Å². The molecule has 2 aromatic carbocycles. The summed E-state index contributed by atoms with van der Waals surface area (Å²) in [6.07, 6.45) is 2.45. The van der Waals surface area contributed by atoms with Crippen molar-refractivity contribution in [3.63, 3.8) is 0 Å². The Labute approximate surface area is 228 Å². The van der Waals surface area contributed by atoms with Gasteiger partial charge in [0.15, 0.2) is 5.13 Å². The fourth-order valence-corrected chi connectivity index (χ4v) is 4.91. The molecule has 1 unspecified atom stereocenters. The highest BCUT2D eigenvalue weighted by Crippen LogP contribution is 2.36. The van der Waals surface area contributed by atoms with Crippen molar-refractivity contribution in [1.82, 2.24) is 10.3 Å². The van der Waals surface area contributed by atoms with Gasteiger partial charge in [-0.2, -0.15) is 0 Å². The van der Waals surface area contributed by atoms with Gasteiger partial charge in [0.1, 0.15) is 17.5 Å². The minimum absolute atomic E-state index is 0.157. The minimum atomic E-state index is -1.02. The highest BCUT2D eigenvalue weighted by molar-refractivity contribution is 7.14. The van der Waals surface area contributed by atoms with E-state index >= 15 is 0 Å². The number of ether oxygens (including phenoxy) is 2. The number of carboxylic acid groups (broad SMARTS) is 1. The van der Waals surface area contributed by atoms with E-state index in [-0.39, 0.29) is 11.8 Å². The number of rotatable bonds is 14. The molecule has 0 aliphatic heterocycles. The third kappa shape index (κ3) is 7.71. The van der Waals surface area contributed by atoms with Crippen LogP contribution < -0.4 is 19.7 Å². The summed E-state index contributed by atoms with van der Waals surface area (Å²) in [6, 6.07) is 12.1. The monoisotopic (exact) mass is 539 g/mol. The SMILES string of the molecule is CCCCN(Cc1ccc(C(=O)NC(CC(C)C)C(=O)O)cc1)c1nc(-c2cc(OC)ccc2OC)cs1. The Balaban J connectivity index is 1.77. The maximum atomic E-state index is 12.7. The molecule has 0 fully saturated rings. The lowest BCUT2D eigenvalue weighted by Crippen LogP contribution is -2.41. The number of amides is 1. The smallest absolute Gasteiger partial charge is 0.326 e. The van der Waals surface area contributed by atoms with E-state index in [2.05, 4.69) is 17.1 Å². The van der Waals surface area contributed by atoms with Gasteiger partial charge in [-0.3, -0.25) is 4.79 Å². The summed E-state index contributed by atoms with van der Waals surface area (Å²) in [5, 5.41) is 15.0. The second-order valence-corrected chi connectivity index (χ2v) is 10.4. The van der Waals surface area contributed by atoms with Crippen LogP contribution in [0.15, 0.2) is 47.8 Å². The molecule has 204 valence electrons. The van der Waals surface area contributed by atoms with E-state index in [1.165, 1.54) is 0 Å². The average Bonchev–Trinajstić information content (AvgIpc) is 3.40. The topological polar surface area (TPSA) is 101 Å². The molecule has 1 amide bonds. The predicted octanol–water partition coefficient (Wildman–Crippen LogP) is 5.86. The zero-order valence-corrected chi connectivity index (χ0v) is 23.5. The van der Waals surface area contributed by atoms with E-state index < -0.39 is 12.0 Å². The minimum Gasteiger partial charge on any atom is -0.497 e. The molecular formula is C29H37N3O5S. The molecule has 1 heterocycles. The van der Waals surface area contributed by atoms with Gasteiger partial charge in [-0.15, -0.1) is 11.3 Å². The summed E-state index contributed by atoms with van der Waals surface area (Å²) < 4.78 is 10.9. The zero-order chi connectivity index (χ0) is 27.7. The molecule has 9 heteroatoms. The predicted molar refractivity (Wildman–Crippen MR) is 151 cm³/mol. The molecular weight excluding hydrogens is 502 g/mol.